The molecular formula is C18H21NO3S. The molecule has 0 saturated carbocycles. The summed E-state index contributed by atoms with van der Waals surface area (Å²) >= 11 is 0. The van der Waals surface area contributed by atoms with Gasteiger partial charge in [-0.2, -0.15) is 4.31 Å². The fourth-order valence-corrected chi connectivity index (χ4v) is 4.45. The topological polar surface area (TPSA) is 57.6 Å². The lowest BCUT2D eigenvalue weighted by molar-refractivity contribution is 0.299. The summed E-state index contributed by atoms with van der Waals surface area (Å²) in [5.74, 6) is 0. The lowest BCUT2D eigenvalue weighted by Crippen LogP contribution is -2.25. The Bertz CT molecular complexity index is 826. The molecule has 1 aliphatic heterocycles. The van der Waals surface area contributed by atoms with Gasteiger partial charge < -0.3 is 5.11 Å². The van der Waals surface area contributed by atoms with Crippen LogP contribution in [0.2, 0.25) is 0 Å². The van der Waals surface area contributed by atoms with Gasteiger partial charge in [0.1, 0.15) is 0 Å². The van der Waals surface area contributed by atoms with Crippen molar-refractivity contribution in [2.75, 3.05) is 6.61 Å². The third-order valence-electron chi connectivity index (χ3n) is 4.37. The van der Waals surface area contributed by atoms with Gasteiger partial charge in [-0.15, -0.1) is 0 Å². The minimum absolute atomic E-state index is 0.101. The molecule has 3 rings (SSSR count). The van der Waals surface area contributed by atoms with Gasteiger partial charge in [0.05, 0.1) is 4.90 Å². The number of hydrogen-bond acceptors (Lipinski definition) is 3. The maximum atomic E-state index is 12.8. The largest absolute Gasteiger partial charge is 0.396 e. The highest BCUT2D eigenvalue weighted by Gasteiger charge is 2.31. The van der Waals surface area contributed by atoms with Gasteiger partial charge in [0.2, 0.25) is 10.0 Å². The summed E-state index contributed by atoms with van der Waals surface area (Å²) in [4.78, 5) is 0.337. The maximum absolute atomic E-state index is 12.8. The first kappa shape index (κ1) is 16.2. The molecule has 2 aromatic rings. The molecule has 0 unspecified atom stereocenters. The van der Waals surface area contributed by atoms with Crippen molar-refractivity contribution in [2.45, 2.75) is 38.3 Å². The predicted octanol–water partition coefficient (Wildman–Crippen LogP) is 2.54. The molecule has 0 aliphatic carbocycles. The van der Waals surface area contributed by atoms with Gasteiger partial charge in [-0.05, 0) is 54.7 Å². The van der Waals surface area contributed by atoms with E-state index in [0.717, 1.165) is 27.8 Å². The van der Waals surface area contributed by atoms with Crippen LogP contribution in [-0.2, 0) is 29.5 Å². The highest BCUT2D eigenvalue weighted by molar-refractivity contribution is 7.89. The number of aliphatic hydroxyl groups excluding tert-OH is 1. The van der Waals surface area contributed by atoms with Crippen LogP contribution in [0.25, 0.3) is 0 Å². The summed E-state index contributed by atoms with van der Waals surface area (Å²) in [5.41, 5.74) is 5.32. The van der Waals surface area contributed by atoms with E-state index in [4.69, 9.17) is 5.11 Å². The van der Waals surface area contributed by atoms with Crippen molar-refractivity contribution in [3.05, 3.63) is 64.2 Å². The summed E-state index contributed by atoms with van der Waals surface area (Å²) in [6.45, 7) is 4.85. The monoisotopic (exact) mass is 331 g/mol. The SMILES string of the molecule is Cc1ccc(S(=O)(=O)N2Cc3cc(CCO)cc(C)c3C2)cc1. The number of aliphatic hydroxyl groups is 1. The zero-order valence-electron chi connectivity index (χ0n) is 13.4. The van der Waals surface area contributed by atoms with E-state index in [9.17, 15) is 8.42 Å². The second-order valence-electron chi connectivity index (χ2n) is 6.11. The molecule has 4 nitrogen and oxygen atoms in total. The zero-order valence-corrected chi connectivity index (χ0v) is 14.2. The Morgan fingerprint density at radius 1 is 1.09 bits per heavy atom. The van der Waals surface area contributed by atoms with E-state index in [2.05, 4.69) is 0 Å². The van der Waals surface area contributed by atoms with Gasteiger partial charge in [0, 0.05) is 19.7 Å². The van der Waals surface area contributed by atoms with Crippen LogP contribution in [0, 0.1) is 13.8 Å². The Morgan fingerprint density at radius 2 is 1.78 bits per heavy atom. The highest BCUT2D eigenvalue weighted by atomic mass is 32.2. The van der Waals surface area contributed by atoms with Gasteiger partial charge in [-0.1, -0.05) is 29.8 Å². The number of sulfonamides is 1. The average Bonchev–Trinajstić information content (AvgIpc) is 2.93. The molecule has 0 radical (unpaired) electrons. The first-order chi connectivity index (χ1) is 10.9. The molecule has 0 amide bonds. The van der Waals surface area contributed by atoms with Crippen molar-refractivity contribution < 1.29 is 13.5 Å². The van der Waals surface area contributed by atoms with Crippen molar-refractivity contribution in [3.63, 3.8) is 0 Å². The van der Waals surface area contributed by atoms with Crippen LogP contribution < -0.4 is 0 Å². The molecule has 122 valence electrons. The molecule has 5 heteroatoms. The zero-order chi connectivity index (χ0) is 16.6. The minimum atomic E-state index is -3.48. The smallest absolute Gasteiger partial charge is 0.243 e. The normalized spacial score (nSPS) is 14.9. The summed E-state index contributed by atoms with van der Waals surface area (Å²) < 4.78 is 27.2. The lowest BCUT2D eigenvalue weighted by atomic mass is 9.99. The fraction of sp³-hybridized carbons (Fsp3) is 0.333. The Morgan fingerprint density at radius 3 is 2.43 bits per heavy atom. The third-order valence-corrected chi connectivity index (χ3v) is 6.17. The van der Waals surface area contributed by atoms with Crippen molar-refractivity contribution in [3.8, 4) is 0 Å². The Balaban J connectivity index is 1.92. The van der Waals surface area contributed by atoms with Crippen molar-refractivity contribution >= 4 is 10.0 Å². The first-order valence-electron chi connectivity index (χ1n) is 7.71. The highest BCUT2D eigenvalue weighted by Crippen LogP contribution is 2.31. The Hall–Kier alpha value is -1.69. The van der Waals surface area contributed by atoms with E-state index in [1.807, 2.05) is 38.1 Å². The number of hydrogen-bond donors (Lipinski definition) is 1. The van der Waals surface area contributed by atoms with Gasteiger partial charge in [0.25, 0.3) is 0 Å². The lowest BCUT2D eigenvalue weighted by Gasteiger charge is -2.15. The van der Waals surface area contributed by atoms with Crippen LogP contribution >= 0.6 is 0 Å². The molecule has 0 fully saturated rings. The van der Waals surface area contributed by atoms with E-state index in [1.165, 1.54) is 4.31 Å². The Labute approximate surface area is 137 Å². The van der Waals surface area contributed by atoms with Crippen molar-refractivity contribution in [1.82, 2.24) is 4.31 Å². The van der Waals surface area contributed by atoms with Crippen LogP contribution in [0.1, 0.15) is 27.8 Å². The van der Waals surface area contributed by atoms with Gasteiger partial charge in [-0.3, -0.25) is 0 Å². The van der Waals surface area contributed by atoms with Crippen LogP contribution in [0.4, 0.5) is 0 Å². The van der Waals surface area contributed by atoms with Crippen LogP contribution in [0.15, 0.2) is 41.3 Å². The predicted molar refractivity (Wildman–Crippen MR) is 89.6 cm³/mol. The molecule has 1 N–H and O–H groups in total. The number of rotatable bonds is 4. The summed E-state index contributed by atoms with van der Waals surface area (Å²) in [6.07, 6.45) is 0.596. The minimum Gasteiger partial charge on any atom is -0.396 e. The molecule has 1 heterocycles. The maximum Gasteiger partial charge on any atom is 0.243 e. The molecule has 1 aliphatic rings. The summed E-state index contributed by atoms with van der Waals surface area (Å²) in [7, 11) is -3.48. The van der Waals surface area contributed by atoms with Crippen LogP contribution in [-0.4, -0.2) is 24.4 Å². The number of fused-ring (bicyclic) bond motifs is 1. The standard InChI is InChI=1S/C18H21NO3S/c1-13-3-5-17(6-4-13)23(21,22)19-11-16-10-15(7-8-20)9-14(2)18(16)12-19/h3-6,9-10,20H,7-8,11-12H2,1-2H3. The average molecular weight is 331 g/mol. The van der Waals surface area contributed by atoms with E-state index >= 15 is 0 Å². The molecule has 0 saturated heterocycles. The molecule has 23 heavy (non-hydrogen) atoms. The number of nitrogens with zero attached hydrogens (tertiary/aromatic N) is 1. The third kappa shape index (κ3) is 3.04. The number of benzene rings is 2. The molecule has 0 aromatic heterocycles. The molecular weight excluding hydrogens is 310 g/mol. The van der Waals surface area contributed by atoms with Gasteiger partial charge in [0.15, 0.2) is 0 Å². The van der Waals surface area contributed by atoms with Crippen molar-refractivity contribution in [1.29, 1.82) is 0 Å². The second-order valence-corrected chi connectivity index (χ2v) is 8.05. The second kappa shape index (κ2) is 6.07. The first-order valence-corrected chi connectivity index (χ1v) is 9.15. The van der Waals surface area contributed by atoms with E-state index in [1.54, 1.807) is 12.1 Å². The Kier molecular flexibility index (Phi) is 4.27. The van der Waals surface area contributed by atoms with Crippen molar-refractivity contribution in [2.24, 2.45) is 0 Å². The summed E-state index contributed by atoms with van der Waals surface area (Å²) in [6, 6.07) is 11.0. The van der Waals surface area contributed by atoms with E-state index in [-0.39, 0.29) is 6.61 Å². The van der Waals surface area contributed by atoms with Gasteiger partial charge in [-0.25, -0.2) is 8.42 Å². The van der Waals surface area contributed by atoms with Gasteiger partial charge >= 0.3 is 0 Å². The van der Waals surface area contributed by atoms with Crippen LogP contribution in [0.5, 0.6) is 0 Å². The number of aryl methyl sites for hydroxylation is 2. The molecule has 0 bridgehead atoms. The fourth-order valence-electron chi connectivity index (χ4n) is 3.06. The molecule has 0 atom stereocenters. The van der Waals surface area contributed by atoms with E-state index in [0.29, 0.717) is 24.4 Å². The van der Waals surface area contributed by atoms with E-state index < -0.39 is 10.0 Å². The molecule has 2 aromatic carbocycles. The molecule has 0 spiro atoms. The quantitative estimate of drug-likeness (QED) is 0.937. The van der Waals surface area contributed by atoms with Crippen LogP contribution in [0.3, 0.4) is 0 Å². The summed E-state index contributed by atoms with van der Waals surface area (Å²) in [5, 5.41) is 9.11.